The van der Waals surface area contributed by atoms with Crippen LogP contribution >= 0.6 is 11.3 Å². The Morgan fingerprint density at radius 3 is 3.08 bits per heavy atom. The molecule has 2 heterocycles. The number of carbonyl (C=O) groups is 2. The summed E-state index contributed by atoms with van der Waals surface area (Å²) in [5, 5.41) is 5.89. The number of carbonyl (C=O) groups excluding carboxylic acids is 2. The van der Waals surface area contributed by atoms with Crippen molar-refractivity contribution in [2.75, 3.05) is 25.6 Å². The highest BCUT2D eigenvalue weighted by molar-refractivity contribution is 7.17. The lowest BCUT2D eigenvalue weighted by Gasteiger charge is -2.07. The predicted molar refractivity (Wildman–Crippen MR) is 89.9 cm³/mol. The number of fused-ring (bicyclic) bond motifs is 1. The predicted octanol–water partition coefficient (Wildman–Crippen LogP) is 1.85. The zero-order valence-electron chi connectivity index (χ0n) is 13.1. The van der Waals surface area contributed by atoms with Gasteiger partial charge in [0.15, 0.2) is 11.7 Å². The van der Waals surface area contributed by atoms with E-state index >= 15 is 0 Å². The van der Waals surface area contributed by atoms with E-state index in [0.29, 0.717) is 28.1 Å². The molecule has 0 fully saturated rings. The van der Waals surface area contributed by atoms with E-state index in [4.69, 9.17) is 9.47 Å². The molecule has 7 nitrogen and oxygen atoms in total. The molecule has 0 bridgehead atoms. The number of aryl methyl sites for hydroxylation is 1. The van der Waals surface area contributed by atoms with Gasteiger partial charge >= 0.3 is 0 Å². The van der Waals surface area contributed by atoms with E-state index in [2.05, 4.69) is 15.6 Å². The van der Waals surface area contributed by atoms with E-state index < -0.39 is 0 Å². The smallest absolute Gasteiger partial charge is 0.264 e. The molecule has 0 unspecified atom stereocenters. The first-order valence-corrected chi connectivity index (χ1v) is 8.32. The average molecular weight is 347 g/mol. The van der Waals surface area contributed by atoms with E-state index in [9.17, 15) is 9.59 Å². The third-order valence-electron chi connectivity index (χ3n) is 3.44. The highest BCUT2D eigenvalue weighted by atomic mass is 32.1. The Morgan fingerprint density at radius 1 is 1.42 bits per heavy atom. The Balaban J connectivity index is 1.59. The summed E-state index contributed by atoms with van der Waals surface area (Å²) in [6, 6.07) is 7.01. The number of hydrogen-bond donors (Lipinski definition) is 2. The molecule has 1 aromatic carbocycles. The largest absolute Gasteiger partial charge is 0.497 e. The number of amides is 2. The molecule has 8 heteroatoms. The molecule has 0 spiro atoms. The van der Waals surface area contributed by atoms with Crippen LogP contribution < -0.4 is 20.1 Å². The Hall–Kier alpha value is -2.61. The van der Waals surface area contributed by atoms with Crippen molar-refractivity contribution >= 4 is 28.3 Å². The van der Waals surface area contributed by atoms with Crippen molar-refractivity contribution in [3.8, 4) is 11.5 Å². The Kier molecular flexibility index (Phi) is 4.95. The molecule has 126 valence electrons. The van der Waals surface area contributed by atoms with Gasteiger partial charge in [-0.2, -0.15) is 0 Å². The van der Waals surface area contributed by atoms with Gasteiger partial charge < -0.3 is 14.8 Å². The molecule has 0 atom stereocenters. The summed E-state index contributed by atoms with van der Waals surface area (Å²) in [6.45, 7) is 0.502. The summed E-state index contributed by atoms with van der Waals surface area (Å²) in [7, 11) is 1.56. The van der Waals surface area contributed by atoms with Gasteiger partial charge in [0.25, 0.3) is 11.8 Å². The van der Waals surface area contributed by atoms with Gasteiger partial charge in [-0.25, -0.2) is 4.98 Å². The SMILES string of the molecule is COc1cccc(OCC(=O)Nc2nc3c(s2)C(=O)NCCC3)c1. The molecule has 2 aromatic rings. The van der Waals surface area contributed by atoms with Crippen LogP contribution in [0.4, 0.5) is 5.13 Å². The number of hydrogen-bond acceptors (Lipinski definition) is 6. The lowest BCUT2D eigenvalue weighted by atomic mass is 10.2. The number of nitrogens with zero attached hydrogens (tertiary/aromatic N) is 1. The molecule has 1 aliphatic rings. The topological polar surface area (TPSA) is 89.6 Å². The molecular formula is C16H17N3O4S. The fourth-order valence-electron chi connectivity index (χ4n) is 2.29. The number of benzene rings is 1. The molecule has 1 aliphatic heterocycles. The van der Waals surface area contributed by atoms with E-state index in [-0.39, 0.29) is 18.4 Å². The highest BCUT2D eigenvalue weighted by Crippen LogP contribution is 2.25. The minimum absolute atomic E-state index is 0.131. The molecule has 0 radical (unpaired) electrons. The van der Waals surface area contributed by atoms with Gasteiger partial charge in [0.1, 0.15) is 16.4 Å². The van der Waals surface area contributed by atoms with Crippen molar-refractivity contribution in [1.29, 1.82) is 0 Å². The van der Waals surface area contributed by atoms with Gasteiger partial charge in [-0.05, 0) is 25.0 Å². The van der Waals surface area contributed by atoms with Gasteiger partial charge in [0.05, 0.1) is 12.8 Å². The van der Waals surface area contributed by atoms with E-state index in [0.717, 1.165) is 18.5 Å². The van der Waals surface area contributed by atoms with Crippen molar-refractivity contribution in [3.05, 3.63) is 34.8 Å². The summed E-state index contributed by atoms with van der Waals surface area (Å²) in [5.41, 5.74) is 0.735. The van der Waals surface area contributed by atoms with Crippen molar-refractivity contribution in [2.45, 2.75) is 12.8 Å². The number of nitrogens with one attached hydrogen (secondary N) is 2. The van der Waals surface area contributed by atoms with Gasteiger partial charge in [-0.15, -0.1) is 0 Å². The van der Waals surface area contributed by atoms with Crippen LogP contribution in [0, 0.1) is 0 Å². The highest BCUT2D eigenvalue weighted by Gasteiger charge is 2.21. The zero-order chi connectivity index (χ0) is 16.9. The third-order valence-corrected chi connectivity index (χ3v) is 4.45. The van der Waals surface area contributed by atoms with Crippen LogP contribution in [-0.4, -0.2) is 37.1 Å². The minimum atomic E-state index is -0.331. The maximum atomic E-state index is 12.0. The Bertz CT molecular complexity index is 760. The number of rotatable bonds is 5. The minimum Gasteiger partial charge on any atom is -0.497 e. The lowest BCUT2D eigenvalue weighted by Crippen LogP contribution is -2.21. The van der Waals surface area contributed by atoms with E-state index in [1.165, 1.54) is 11.3 Å². The number of methoxy groups -OCH3 is 1. The molecule has 0 aliphatic carbocycles. The molecule has 2 amide bonds. The second-order valence-electron chi connectivity index (χ2n) is 5.17. The summed E-state index contributed by atoms with van der Waals surface area (Å²) in [4.78, 5) is 28.8. The zero-order valence-corrected chi connectivity index (χ0v) is 13.9. The van der Waals surface area contributed by atoms with Crippen molar-refractivity contribution in [2.24, 2.45) is 0 Å². The van der Waals surface area contributed by atoms with Crippen molar-refractivity contribution in [1.82, 2.24) is 10.3 Å². The standard InChI is InChI=1S/C16H17N3O4S/c1-22-10-4-2-5-11(8-10)23-9-13(20)19-16-18-12-6-3-7-17-15(21)14(12)24-16/h2,4-5,8H,3,6-7,9H2,1H3,(H,17,21)(H,18,19,20). The maximum Gasteiger partial charge on any atom is 0.264 e. The normalized spacial score (nSPS) is 13.5. The number of ether oxygens (including phenoxy) is 2. The first-order valence-electron chi connectivity index (χ1n) is 7.50. The monoisotopic (exact) mass is 347 g/mol. The van der Waals surface area contributed by atoms with Crippen LogP contribution in [0.15, 0.2) is 24.3 Å². The third kappa shape index (κ3) is 3.83. The number of aromatic nitrogens is 1. The molecule has 3 rings (SSSR count). The van der Waals surface area contributed by atoms with Crippen LogP contribution in [0.3, 0.4) is 0 Å². The molecular weight excluding hydrogens is 330 g/mol. The molecule has 24 heavy (non-hydrogen) atoms. The molecule has 0 saturated heterocycles. The fraction of sp³-hybridized carbons (Fsp3) is 0.312. The van der Waals surface area contributed by atoms with Crippen LogP contribution in [0.1, 0.15) is 21.8 Å². The first kappa shape index (κ1) is 16.3. The number of anilines is 1. The maximum absolute atomic E-state index is 12.0. The van der Waals surface area contributed by atoms with E-state index in [1.54, 1.807) is 31.4 Å². The van der Waals surface area contributed by atoms with Gasteiger partial charge in [-0.1, -0.05) is 17.4 Å². The second kappa shape index (κ2) is 7.31. The fourth-order valence-corrected chi connectivity index (χ4v) is 3.23. The Labute approximate surface area is 143 Å². The molecule has 0 saturated carbocycles. The summed E-state index contributed by atoms with van der Waals surface area (Å²) in [5.74, 6) is 0.733. The molecule has 2 N–H and O–H groups in total. The van der Waals surface area contributed by atoms with Gasteiger partial charge in [0.2, 0.25) is 0 Å². The summed E-state index contributed by atoms with van der Waals surface area (Å²) in [6.07, 6.45) is 1.57. The van der Waals surface area contributed by atoms with Crippen LogP contribution in [0.2, 0.25) is 0 Å². The summed E-state index contributed by atoms with van der Waals surface area (Å²) < 4.78 is 10.5. The van der Waals surface area contributed by atoms with Gasteiger partial charge in [0, 0.05) is 12.6 Å². The second-order valence-corrected chi connectivity index (χ2v) is 6.17. The first-order chi connectivity index (χ1) is 11.7. The van der Waals surface area contributed by atoms with Crippen LogP contribution in [-0.2, 0) is 11.2 Å². The number of thiazole rings is 1. The average Bonchev–Trinajstić information content (AvgIpc) is 2.91. The quantitative estimate of drug-likeness (QED) is 0.861. The van der Waals surface area contributed by atoms with Crippen LogP contribution in [0.25, 0.3) is 0 Å². The van der Waals surface area contributed by atoms with Crippen molar-refractivity contribution in [3.63, 3.8) is 0 Å². The molecule has 1 aromatic heterocycles. The van der Waals surface area contributed by atoms with Gasteiger partial charge in [-0.3, -0.25) is 14.9 Å². The van der Waals surface area contributed by atoms with E-state index in [1.807, 2.05) is 0 Å². The van der Waals surface area contributed by atoms with Crippen molar-refractivity contribution < 1.29 is 19.1 Å². The summed E-state index contributed by atoms with van der Waals surface area (Å²) >= 11 is 1.18. The lowest BCUT2D eigenvalue weighted by molar-refractivity contribution is -0.118. The Morgan fingerprint density at radius 2 is 2.25 bits per heavy atom. The van der Waals surface area contributed by atoms with Crippen LogP contribution in [0.5, 0.6) is 11.5 Å².